The van der Waals surface area contributed by atoms with Gasteiger partial charge in [-0.05, 0) is 36.8 Å². The summed E-state index contributed by atoms with van der Waals surface area (Å²) < 4.78 is 29.2. The van der Waals surface area contributed by atoms with Gasteiger partial charge in [0, 0.05) is 38.0 Å². The molecule has 3 fully saturated rings. The van der Waals surface area contributed by atoms with Crippen LogP contribution < -0.4 is 0 Å². The highest BCUT2D eigenvalue weighted by Crippen LogP contribution is 2.40. The quantitative estimate of drug-likeness (QED) is 0.699. The number of aromatic nitrogens is 2. The van der Waals surface area contributed by atoms with E-state index in [2.05, 4.69) is 41.3 Å². The molecule has 0 N–H and O–H groups in total. The number of urea groups is 1. The number of piperidine rings is 1. The topological polar surface area (TPSA) is 96.6 Å². The van der Waals surface area contributed by atoms with Crippen LogP contribution in [0.2, 0.25) is 0 Å². The van der Waals surface area contributed by atoms with Gasteiger partial charge in [0.15, 0.2) is 15.7 Å². The average Bonchev–Trinajstić information content (AvgIpc) is 3.54. The Morgan fingerprint density at radius 1 is 1.03 bits per heavy atom. The number of likely N-dealkylation sites (tertiary alicyclic amines) is 1. The summed E-state index contributed by atoms with van der Waals surface area (Å²) in [5.41, 5.74) is 2.49. The highest BCUT2D eigenvalue weighted by molar-refractivity contribution is 7.91. The molecule has 172 valence electrons. The van der Waals surface area contributed by atoms with Crippen LogP contribution in [0.3, 0.4) is 0 Å². The van der Waals surface area contributed by atoms with Gasteiger partial charge in [-0.1, -0.05) is 36.3 Å². The van der Waals surface area contributed by atoms with E-state index in [1.165, 1.54) is 11.1 Å². The van der Waals surface area contributed by atoms with Crippen LogP contribution in [0, 0.1) is 0 Å². The van der Waals surface area contributed by atoms with Gasteiger partial charge in [-0.15, -0.1) is 0 Å². The number of nitrogens with zero attached hydrogens (tertiary/aromatic N) is 4. The lowest BCUT2D eigenvalue weighted by atomic mass is 9.84. The molecule has 1 aromatic carbocycles. The zero-order chi connectivity index (χ0) is 22.3. The summed E-state index contributed by atoms with van der Waals surface area (Å²) in [4.78, 5) is 21.5. The van der Waals surface area contributed by atoms with Gasteiger partial charge < -0.3 is 14.3 Å². The Morgan fingerprint density at radius 3 is 2.38 bits per heavy atom. The second-order valence-electron chi connectivity index (χ2n) is 9.32. The maximum absolute atomic E-state index is 13.3. The van der Waals surface area contributed by atoms with Crippen molar-refractivity contribution in [2.24, 2.45) is 0 Å². The van der Waals surface area contributed by atoms with Gasteiger partial charge in [0.05, 0.1) is 17.4 Å². The standard InChI is InChI=1S/C23H30N4O4S/c1-2-16-3-5-17(6-4-16)19-13-20(22-24-21(25-31-22)18-7-8-18)15-27(14-19)23(28)26-9-11-32(29,30)12-10-26/h3-6,18-20H,2,7-15H2,1H3. The Labute approximate surface area is 188 Å². The van der Waals surface area contributed by atoms with Crippen molar-refractivity contribution in [3.8, 4) is 0 Å². The minimum absolute atomic E-state index is 0.0305. The smallest absolute Gasteiger partial charge is 0.320 e. The van der Waals surface area contributed by atoms with Crippen LogP contribution >= 0.6 is 0 Å². The number of benzene rings is 1. The van der Waals surface area contributed by atoms with Crippen molar-refractivity contribution in [3.63, 3.8) is 0 Å². The summed E-state index contributed by atoms with van der Waals surface area (Å²) in [5.74, 6) is 2.01. The molecule has 0 spiro atoms. The summed E-state index contributed by atoms with van der Waals surface area (Å²) >= 11 is 0. The summed E-state index contributed by atoms with van der Waals surface area (Å²) in [6, 6.07) is 8.52. The molecule has 2 saturated heterocycles. The molecular formula is C23H30N4O4S. The van der Waals surface area contributed by atoms with Crippen LogP contribution in [0.5, 0.6) is 0 Å². The van der Waals surface area contributed by atoms with Crippen LogP contribution in [0.1, 0.15) is 66.8 Å². The van der Waals surface area contributed by atoms with Gasteiger partial charge in [0.25, 0.3) is 0 Å². The van der Waals surface area contributed by atoms with E-state index in [-0.39, 0.29) is 42.5 Å². The molecule has 5 rings (SSSR count). The van der Waals surface area contributed by atoms with Crippen LogP contribution in [0.4, 0.5) is 4.79 Å². The fourth-order valence-corrected chi connectivity index (χ4v) is 5.93. The molecule has 3 heterocycles. The van der Waals surface area contributed by atoms with E-state index in [1.54, 1.807) is 4.90 Å². The van der Waals surface area contributed by atoms with Crippen LogP contribution in [0.25, 0.3) is 0 Å². The van der Waals surface area contributed by atoms with Crippen molar-refractivity contribution in [3.05, 3.63) is 47.1 Å². The molecule has 0 bridgehead atoms. The predicted molar refractivity (Wildman–Crippen MR) is 119 cm³/mol. The number of carbonyl (C=O) groups is 1. The van der Waals surface area contributed by atoms with Crippen LogP contribution in [-0.4, -0.2) is 72.1 Å². The Balaban J connectivity index is 1.38. The first kappa shape index (κ1) is 21.4. The molecule has 3 aliphatic rings. The third kappa shape index (κ3) is 4.53. The minimum Gasteiger partial charge on any atom is -0.339 e. The molecule has 9 heteroatoms. The largest absolute Gasteiger partial charge is 0.339 e. The molecule has 32 heavy (non-hydrogen) atoms. The van der Waals surface area contributed by atoms with Crippen LogP contribution in [-0.2, 0) is 16.3 Å². The zero-order valence-electron chi connectivity index (χ0n) is 18.4. The lowest BCUT2D eigenvalue weighted by molar-refractivity contribution is 0.130. The fraction of sp³-hybridized carbons (Fsp3) is 0.609. The van der Waals surface area contributed by atoms with Gasteiger partial charge in [0.2, 0.25) is 5.89 Å². The summed E-state index contributed by atoms with van der Waals surface area (Å²) in [7, 11) is -3.04. The maximum Gasteiger partial charge on any atom is 0.320 e. The SMILES string of the molecule is CCc1ccc(C2CC(c3nc(C4CC4)no3)CN(C(=O)N3CCS(=O)(=O)CC3)C2)cc1. The van der Waals surface area contributed by atoms with E-state index in [4.69, 9.17) is 4.52 Å². The molecular weight excluding hydrogens is 428 g/mol. The molecule has 1 aliphatic carbocycles. The summed E-state index contributed by atoms with van der Waals surface area (Å²) in [5, 5.41) is 4.18. The fourth-order valence-electron chi connectivity index (χ4n) is 4.73. The van der Waals surface area contributed by atoms with E-state index in [1.807, 2.05) is 4.90 Å². The Bertz CT molecular complexity index is 1060. The first-order valence-electron chi connectivity index (χ1n) is 11.6. The van der Waals surface area contributed by atoms with E-state index < -0.39 is 9.84 Å². The first-order chi connectivity index (χ1) is 15.4. The van der Waals surface area contributed by atoms with Gasteiger partial charge in [-0.25, -0.2) is 13.2 Å². The first-order valence-corrected chi connectivity index (χ1v) is 13.4. The predicted octanol–water partition coefficient (Wildman–Crippen LogP) is 2.93. The molecule has 2 aliphatic heterocycles. The second-order valence-corrected chi connectivity index (χ2v) is 11.6. The lowest BCUT2D eigenvalue weighted by Gasteiger charge is -2.40. The third-order valence-electron chi connectivity index (χ3n) is 6.94. The van der Waals surface area contributed by atoms with Crippen LogP contribution in [0.15, 0.2) is 28.8 Å². The lowest BCUT2D eigenvalue weighted by Crippen LogP contribution is -2.53. The molecule has 1 saturated carbocycles. The third-order valence-corrected chi connectivity index (χ3v) is 8.55. The van der Waals surface area contributed by atoms with Gasteiger partial charge in [-0.2, -0.15) is 4.98 Å². The number of carbonyl (C=O) groups excluding carboxylic acids is 1. The molecule has 0 radical (unpaired) electrons. The zero-order valence-corrected chi connectivity index (χ0v) is 19.3. The van der Waals surface area contributed by atoms with E-state index in [0.717, 1.165) is 31.5 Å². The minimum atomic E-state index is -3.04. The highest BCUT2D eigenvalue weighted by Gasteiger charge is 2.38. The summed E-state index contributed by atoms with van der Waals surface area (Å²) in [6.45, 7) is 3.76. The van der Waals surface area contributed by atoms with Gasteiger partial charge in [-0.3, -0.25) is 0 Å². The van der Waals surface area contributed by atoms with Crippen molar-refractivity contribution in [2.45, 2.75) is 50.4 Å². The number of hydrogen-bond donors (Lipinski definition) is 0. The second kappa shape index (κ2) is 8.50. The van der Waals surface area contributed by atoms with E-state index >= 15 is 0 Å². The number of aryl methyl sites for hydroxylation is 1. The molecule has 2 unspecified atom stereocenters. The van der Waals surface area contributed by atoms with E-state index in [0.29, 0.717) is 24.9 Å². The van der Waals surface area contributed by atoms with Crippen molar-refractivity contribution < 1.29 is 17.7 Å². The number of amides is 2. The van der Waals surface area contributed by atoms with Gasteiger partial charge in [0.1, 0.15) is 0 Å². The molecule has 8 nitrogen and oxygen atoms in total. The molecule has 1 aromatic heterocycles. The Hall–Kier alpha value is -2.42. The normalized spacial score (nSPS) is 25.7. The number of hydrogen-bond acceptors (Lipinski definition) is 6. The summed E-state index contributed by atoms with van der Waals surface area (Å²) in [6.07, 6.45) is 4.05. The monoisotopic (exact) mass is 458 g/mol. The maximum atomic E-state index is 13.3. The van der Waals surface area contributed by atoms with Crippen molar-refractivity contribution in [2.75, 3.05) is 37.7 Å². The van der Waals surface area contributed by atoms with Crippen molar-refractivity contribution >= 4 is 15.9 Å². The van der Waals surface area contributed by atoms with E-state index in [9.17, 15) is 13.2 Å². The van der Waals surface area contributed by atoms with Gasteiger partial charge >= 0.3 is 6.03 Å². The molecule has 2 aromatic rings. The van der Waals surface area contributed by atoms with Crippen molar-refractivity contribution in [1.29, 1.82) is 0 Å². The highest BCUT2D eigenvalue weighted by atomic mass is 32.2. The number of sulfone groups is 1. The van der Waals surface area contributed by atoms with Crippen molar-refractivity contribution in [1.82, 2.24) is 19.9 Å². The Morgan fingerprint density at radius 2 is 1.72 bits per heavy atom. The average molecular weight is 459 g/mol. The Kier molecular flexibility index (Phi) is 5.69. The number of rotatable bonds is 4. The molecule has 2 amide bonds. The molecule has 2 atom stereocenters.